The van der Waals surface area contributed by atoms with Crippen molar-refractivity contribution in [3.63, 3.8) is 0 Å². The fourth-order valence-electron chi connectivity index (χ4n) is 3.25. The number of carbonyl (C=O) groups is 1. The molecular formula is C19H19FN2O3. The van der Waals surface area contributed by atoms with E-state index in [1.807, 2.05) is 0 Å². The maximum Gasteiger partial charge on any atom is 0.255 e. The van der Waals surface area contributed by atoms with E-state index in [2.05, 4.69) is 10.2 Å². The van der Waals surface area contributed by atoms with Crippen LogP contribution in [-0.4, -0.2) is 25.8 Å². The van der Waals surface area contributed by atoms with Gasteiger partial charge in [0.25, 0.3) is 5.91 Å². The number of fused-ring (bicyclic) bond motifs is 1. The number of rotatable bonds is 3. The lowest BCUT2D eigenvalue weighted by molar-refractivity contribution is 0.102. The highest BCUT2D eigenvalue weighted by molar-refractivity contribution is 6.06. The Hall–Kier alpha value is -2.76. The molecule has 0 bridgehead atoms. The molecule has 0 atom stereocenters. The lowest BCUT2D eigenvalue weighted by Crippen LogP contribution is -2.30. The molecule has 4 rings (SSSR count). The van der Waals surface area contributed by atoms with Gasteiger partial charge in [0.2, 0.25) is 6.79 Å². The predicted octanol–water partition coefficient (Wildman–Crippen LogP) is 3.80. The normalized spacial score (nSPS) is 16.0. The third-order valence-corrected chi connectivity index (χ3v) is 4.54. The SMILES string of the molecule is O=C(Nc1cc(F)ccc1N1CCCCC1)c1ccc2c(c1)OCO2. The van der Waals surface area contributed by atoms with Crippen LogP contribution in [0.3, 0.4) is 0 Å². The van der Waals surface area contributed by atoms with E-state index in [1.165, 1.54) is 18.6 Å². The summed E-state index contributed by atoms with van der Waals surface area (Å²) in [5.74, 6) is 0.489. The van der Waals surface area contributed by atoms with Crippen molar-refractivity contribution >= 4 is 17.3 Å². The van der Waals surface area contributed by atoms with E-state index in [-0.39, 0.29) is 18.5 Å². The van der Waals surface area contributed by atoms with E-state index >= 15 is 0 Å². The van der Waals surface area contributed by atoms with E-state index in [9.17, 15) is 9.18 Å². The molecule has 5 nitrogen and oxygen atoms in total. The first-order chi connectivity index (χ1) is 12.2. The van der Waals surface area contributed by atoms with Gasteiger partial charge in [-0.3, -0.25) is 4.79 Å². The van der Waals surface area contributed by atoms with Crippen LogP contribution in [-0.2, 0) is 0 Å². The monoisotopic (exact) mass is 342 g/mol. The molecule has 25 heavy (non-hydrogen) atoms. The predicted molar refractivity (Wildman–Crippen MR) is 93.0 cm³/mol. The summed E-state index contributed by atoms with van der Waals surface area (Å²) >= 11 is 0. The number of nitrogens with one attached hydrogen (secondary N) is 1. The van der Waals surface area contributed by atoms with Gasteiger partial charge in [-0.05, 0) is 55.7 Å². The van der Waals surface area contributed by atoms with Gasteiger partial charge in [0.1, 0.15) is 5.82 Å². The van der Waals surface area contributed by atoms with Gasteiger partial charge < -0.3 is 19.7 Å². The first kappa shape index (κ1) is 15.7. The molecule has 0 aliphatic carbocycles. The quantitative estimate of drug-likeness (QED) is 0.922. The summed E-state index contributed by atoms with van der Waals surface area (Å²) in [5.41, 5.74) is 1.79. The number of halogens is 1. The fourth-order valence-corrected chi connectivity index (χ4v) is 3.25. The van der Waals surface area contributed by atoms with Gasteiger partial charge in [-0.2, -0.15) is 0 Å². The third-order valence-electron chi connectivity index (χ3n) is 4.54. The molecule has 0 spiro atoms. The Labute approximate surface area is 145 Å². The molecule has 130 valence electrons. The Balaban J connectivity index is 1.59. The van der Waals surface area contributed by atoms with Crippen LogP contribution < -0.4 is 19.7 Å². The first-order valence-electron chi connectivity index (χ1n) is 8.46. The molecule has 2 aromatic carbocycles. The maximum absolute atomic E-state index is 13.7. The van der Waals surface area contributed by atoms with Crippen LogP contribution in [0.5, 0.6) is 11.5 Å². The molecule has 0 radical (unpaired) electrons. The number of ether oxygens (including phenoxy) is 2. The summed E-state index contributed by atoms with van der Waals surface area (Å²) in [6.45, 7) is 1.99. The smallest absolute Gasteiger partial charge is 0.255 e. The van der Waals surface area contributed by atoms with Crippen LogP contribution in [0.4, 0.5) is 15.8 Å². The fraction of sp³-hybridized carbons (Fsp3) is 0.316. The summed E-state index contributed by atoms with van der Waals surface area (Å²) in [6.07, 6.45) is 3.41. The Morgan fingerprint density at radius 3 is 2.64 bits per heavy atom. The average molecular weight is 342 g/mol. The molecule has 1 fully saturated rings. The second-order valence-corrected chi connectivity index (χ2v) is 6.23. The maximum atomic E-state index is 13.7. The standard InChI is InChI=1S/C19H19FN2O3/c20-14-5-6-16(22-8-2-1-3-9-22)15(11-14)21-19(23)13-4-7-17-18(10-13)25-12-24-17/h4-7,10-11H,1-3,8-9,12H2,(H,21,23). The van der Waals surface area contributed by atoms with Crippen molar-refractivity contribution in [1.29, 1.82) is 0 Å². The zero-order valence-corrected chi connectivity index (χ0v) is 13.8. The Bertz CT molecular complexity index is 803. The summed E-state index contributed by atoms with van der Waals surface area (Å²) in [5, 5.41) is 2.84. The van der Waals surface area contributed by atoms with Gasteiger partial charge in [-0.15, -0.1) is 0 Å². The zero-order chi connectivity index (χ0) is 17.2. The van der Waals surface area contributed by atoms with Crippen molar-refractivity contribution in [3.05, 3.63) is 47.8 Å². The molecule has 1 N–H and O–H groups in total. The van der Waals surface area contributed by atoms with Crippen LogP contribution in [0.2, 0.25) is 0 Å². The van der Waals surface area contributed by atoms with Crippen molar-refractivity contribution in [2.45, 2.75) is 19.3 Å². The minimum Gasteiger partial charge on any atom is -0.454 e. The van der Waals surface area contributed by atoms with Crippen LogP contribution in [0, 0.1) is 5.82 Å². The van der Waals surface area contributed by atoms with E-state index in [1.54, 1.807) is 24.3 Å². The molecule has 0 aromatic heterocycles. The number of hydrogen-bond acceptors (Lipinski definition) is 4. The Morgan fingerprint density at radius 1 is 1.00 bits per heavy atom. The Morgan fingerprint density at radius 2 is 1.80 bits per heavy atom. The molecule has 6 heteroatoms. The van der Waals surface area contributed by atoms with Crippen LogP contribution in [0.25, 0.3) is 0 Å². The highest BCUT2D eigenvalue weighted by Crippen LogP contribution is 2.34. The van der Waals surface area contributed by atoms with Crippen LogP contribution in [0.15, 0.2) is 36.4 Å². The molecule has 2 aliphatic rings. The minimum atomic E-state index is -0.373. The number of piperidine rings is 1. The van der Waals surface area contributed by atoms with Crippen molar-refractivity contribution in [3.8, 4) is 11.5 Å². The molecule has 1 saturated heterocycles. The summed E-state index contributed by atoms with van der Waals surface area (Å²) < 4.78 is 24.3. The lowest BCUT2D eigenvalue weighted by atomic mass is 10.1. The molecule has 2 aliphatic heterocycles. The topological polar surface area (TPSA) is 50.8 Å². The van der Waals surface area contributed by atoms with Crippen LogP contribution >= 0.6 is 0 Å². The van der Waals surface area contributed by atoms with Crippen molar-refractivity contribution in [2.24, 2.45) is 0 Å². The van der Waals surface area contributed by atoms with Gasteiger partial charge in [0.15, 0.2) is 11.5 Å². The number of amides is 1. The molecular weight excluding hydrogens is 323 g/mol. The molecule has 2 aromatic rings. The van der Waals surface area contributed by atoms with Gasteiger partial charge >= 0.3 is 0 Å². The van der Waals surface area contributed by atoms with E-state index in [4.69, 9.17) is 9.47 Å². The third kappa shape index (κ3) is 3.24. The average Bonchev–Trinajstić information content (AvgIpc) is 3.10. The molecule has 2 heterocycles. The van der Waals surface area contributed by atoms with Gasteiger partial charge in [-0.25, -0.2) is 4.39 Å². The number of nitrogens with zero attached hydrogens (tertiary/aromatic N) is 1. The summed E-state index contributed by atoms with van der Waals surface area (Å²) in [7, 11) is 0. The lowest BCUT2D eigenvalue weighted by Gasteiger charge is -2.30. The molecule has 0 unspecified atom stereocenters. The van der Waals surface area contributed by atoms with Gasteiger partial charge in [0, 0.05) is 18.7 Å². The Kier molecular flexibility index (Phi) is 4.17. The summed E-state index contributed by atoms with van der Waals surface area (Å²) in [6, 6.07) is 9.54. The van der Waals surface area contributed by atoms with Crippen molar-refractivity contribution in [2.75, 3.05) is 30.1 Å². The number of anilines is 2. The highest BCUT2D eigenvalue weighted by Gasteiger charge is 2.19. The van der Waals surface area contributed by atoms with E-state index in [0.717, 1.165) is 31.6 Å². The number of hydrogen-bond donors (Lipinski definition) is 1. The number of benzene rings is 2. The highest BCUT2D eigenvalue weighted by atomic mass is 19.1. The molecule has 0 saturated carbocycles. The van der Waals surface area contributed by atoms with Crippen LogP contribution in [0.1, 0.15) is 29.6 Å². The minimum absolute atomic E-state index is 0.156. The van der Waals surface area contributed by atoms with Gasteiger partial charge in [0.05, 0.1) is 11.4 Å². The summed E-state index contributed by atoms with van der Waals surface area (Å²) in [4.78, 5) is 14.8. The van der Waals surface area contributed by atoms with Gasteiger partial charge in [-0.1, -0.05) is 0 Å². The van der Waals surface area contributed by atoms with E-state index in [0.29, 0.717) is 22.7 Å². The second-order valence-electron chi connectivity index (χ2n) is 6.23. The van der Waals surface area contributed by atoms with E-state index < -0.39 is 0 Å². The van der Waals surface area contributed by atoms with Crippen molar-refractivity contribution < 1.29 is 18.7 Å². The van der Waals surface area contributed by atoms with Crippen molar-refractivity contribution in [1.82, 2.24) is 0 Å². The second kappa shape index (κ2) is 6.63. The largest absolute Gasteiger partial charge is 0.454 e. The zero-order valence-electron chi connectivity index (χ0n) is 13.8. The first-order valence-corrected chi connectivity index (χ1v) is 8.46. The number of carbonyl (C=O) groups excluding carboxylic acids is 1. The molecule has 1 amide bonds.